The Morgan fingerprint density at radius 2 is 2.21 bits per heavy atom. The maximum atomic E-state index is 11.6. The number of rotatable bonds is 6. The Morgan fingerprint density at radius 3 is 2.95 bits per heavy atom. The van der Waals surface area contributed by atoms with Gasteiger partial charge < -0.3 is 25.3 Å². The molecule has 0 aromatic heterocycles. The van der Waals surface area contributed by atoms with Gasteiger partial charge in [0.05, 0.1) is 19.8 Å². The second-order valence-corrected chi connectivity index (χ2v) is 4.09. The predicted molar refractivity (Wildman–Crippen MR) is 69.6 cm³/mol. The van der Waals surface area contributed by atoms with E-state index in [1.807, 2.05) is 18.2 Å². The van der Waals surface area contributed by atoms with Crippen LogP contribution in [0, 0.1) is 0 Å². The molecule has 0 radical (unpaired) electrons. The number of anilines is 1. The van der Waals surface area contributed by atoms with Crippen molar-refractivity contribution in [1.82, 2.24) is 0 Å². The van der Waals surface area contributed by atoms with Crippen molar-refractivity contribution in [3.8, 4) is 0 Å². The van der Waals surface area contributed by atoms with Crippen molar-refractivity contribution >= 4 is 11.6 Å². The lowest BCUT2D eigenvalue weighted by Gasteiger charge is -2.11. The molecular weight excluding hydrogens is 248 g/mol. The van der Waals surface area contributed by atoms with Crippen LogP contribution in [0.1, 0.15) is 11.9 Å². The summed E-state index contributed by atoms with van der Waals surface area (Å²) in [4.78, 5) is 11.6. The van der Waals surface area contributed by atoms with Crippen molar-refractivity contribution in [1.29, 1.82) is 0 Å². The first-order valence-electron chi connectivity index (χ1n) is 6.20. The fraction of sp³-hybridized carbons (Fsp3) is 0.462. The minimum Gasteiger partial charge on any atom is -0.370 e. The Hall–Kier alpha value is -1.47. The van der Waals surface area contributed by atoms with E-state index in [4.69, 9.17) is 19.9 Å². The number of ether oxygens (including phenoxy) is 3. The molecule has 1 fully saturated rings. The lowest BCUT2D eigenvalue weighted by Crippen LogP contribution is -2.20. The minimum atomic E-state index is -0.342. The van der Waals surface area contributed by atoms with Crippen molar-refractivity contribution in [2.24, 2.45) is 5.73 Å². The Kier molecular flexibility index (Phi) is 5.29. The molecule has 0 saturated carbocycles. The zero-order chi connectivity index (χ0) is 13.5. The molecule has 19 heavy (non-hydrogen) atoms. The predicted octanol–water partition coefficient (Wildman–Crippen LogP) is 0.646. The first kappa shape index (κ1) is 14.0. The molecule has 6 heteroatoms. The number of nitrogens with one attached hydrogen (secondary N) is 1. The molecule has 104 valence electrons. The second-order valence-electron chi connectivity index (χ2n) is 4.09. The van der Waals surface area contributed by atoms with Gasteiger partial charge in [-0.25, -0.2) is 0 Å². The highest BCUT2D eigenvalue weighted by atomic mass is 16.7. The number of hydrogen-bond donors (Lipinski definition) is 2. The van der Waals surface area contributed by atoms with Gasteiger partial charge in [0.1, 0.15) is 6.61 Å². The van der Waals surface area contributed by atoms with Gasteiger partial charge in [-0.3, -0.25) is 4.79 Å². The molecule has 3 N–H and O–H groups in total. The molecule has 0 aliphatic carbocycles. The molecule has 1 amide bonds. The third-order valence-electron chi connectivity index (χ3n) is 2.56. The average molecular weight is 266 g/mol. The van der Waals surface area contributed by atoms with Gasteiger partial charge in [0.15, 0.2) is 6.29 Å². The molecule has 1 aliphatic rings. The average Bonchev–Trinajstić information content (AvgIpc) is 2.93. The van der Waals surface area contributed by atoms with Crippen LogP contribution in [0.3, 0.4) is 0 Å². The quantitative estimate of drug-likeness (QED) is 0.739. The fourth-order valence-electron chi connectivity index (χ4n) is 1.76. The Morgan fingerprint density at radius 1 is 1.42 bits per heavy atom. The second kappa shape index (κ2) is 7.20. The maximum absolute atomic E-state index is 11.6. The van der Waals surface area contributed by atoms with Crippen molar-refractivity contribution in [3.63, 3.8) is 0 Å². The Labute approximate surface area is 111 Å². The van der Waals surface area contributed by atoms with E-state index in [1.54, 1.807) is 6.07 Å². The highest BCUT2D eigenvalue weighted by Gasteiger charge is 2.18. The van der Waals surface area contributed by atoms with E-state index in [2.05, 4.69) is 5.32 Å². The number of carbonyl (C=O) groups is 1. The lowest BCUT2D eigenvalue weighted by molar-refractivity contribution is -0.120. The van der Waals surface area contributed by atoms with Crippen LogP contribution < -0.4 is 11.1 Å². The molecule has 1 aromatic carbocycles. The molecule has 6 nitrogen and oxygen atoms in total. The van der Waals surface area contributed by atoms with E-state index in [-0.39, 0.29) is 18.8 Å². The SMILES string of the molecule is NCCOCC(=O)Nc1cccc(C2OCCO2)c1. The van der Waals surface area contributed by atoms with Gasteiger partial charge in [-0.2, -0.15) is 0 Å². The standard InChI is InChI=1S/C13H18N2O4/c14-4-5-17-9-12(16)15-11-3-1-2-10(8-11)13-18-6-7-19-13/h1-3,8,13H,4-7,9,14H2,(H,15,16). The van der Waals surface area contributed by atoms with Gasteiger partial charge in [0.2, 0.25) is 5.91 Å². The normalized spacial score (nSPS) is 15.6. The van der Waals surface area contributed by atoms with Crippen LogP contribution in [-0.2, 0) is 19.0 Å². The molecule has 1 saturated heterocycles. The first-order chi connectivity index (χ1) is 9.29. The summed E-state index contributed by atoms with van der Waals surface area (Å²) in [7, 11) is 0. The number of benzene rings is 1. The van der Waals surface area contributed by atoms with Gasteiger partial charge in [0.25, 0.3) is 0 Å². The summed E-state index contributed by atoms with van der Waals surface area (Å²) in [6, 6.07) is 7.38. The smallest absolute Gasteiger partial charge is 0.250 e. The first-order valence-corrected chi connectivity index (χ1v) is 6.20. The third kappa shape index (κ3) is 4.29. The fourth-order valence-corrected chi connectivity index (χ4v) is 1.76. The maximum Gasteiger partial charge on any atom is 0.250 e. The number of amides is 1. The molecular formula is C13H18N2O4. The zero-order valence-electron chi connectivity index (χ0n) is 10.6. The Balaban J connectivity index is 1.89. The molecule has 1 aromatic rings. The van der Waals surface area contributed by atoms with Gasteiger partial charge in [-0.05, 0) is 12.1 Å². The third-order valence-corrected chi connectivity index (χ3v) is 2.56. The molecule has 1 heterocycles. The molecule has 0 atom stereocenters. The van der Waals surface area contributed by atoms with Crippen LogP contribution in [0.5, 0.6) is 0 Å². The van der Waals surface area contributed by atoms with E-state index in [0.717, 1.165) is 5.56 Å². The van der Waals surface area contributed by atoms with E-state index < -0.39 is 0 Å². The molecule has 0 unspecified atom stereocenters. The lowest BCUT2D eigenvalue weighted by atomic mass is 10.2. The summed E-state index contributed by atoms with van der Waals surface area (Å²) in [5.41, 5.74) is 6.85. The van der Waals surface area contributed by atoms with Crippen LogP contribution in [-0.4, -0.2) is 38.9 Å². The Bertz CT molecular complexity index is 419. The summed E-state index contributed by atoms with van der Waals surface area (Å²) < 4.78 is 15.9. The number of carbonyl (C=O) groups excluding carboxylic acids is 1. The van der Waals surface area contributed by atoms with Gasteiger partial charge >= 0.3 is 0 Å². The van der Waals surface area contributed by atoms with E-state index in [1.165, 1.54) is 0 Å². The van der Waals surface area contributed by atoms with Gasteiger partial charge in [-0.15, -0.1) is 0 Å². The highest BCUT2D eigenvalue weighted by molar-refractivity contribution is 5.91. The summed E-state index contributed by atoms with van der Waals surface area (Å²) in [6.45, 7) is 1.95. The van der Waals surface area contributed by atoms with Crippen LogP contribution in [0.2, 0.25) is 0 Å². The van der Waals surface area contributed by atoms with Crippen molar-refractivity contribution in [2.75, 3.05) is 38.3 Å². The van der Waals surface area contributed by atoms with Crippen LogP contribution in [0.15, 0.2) is 24.3 Å². The summed E-state index contributed by atoms with van der Waals surface area (Å²) in [5.74, 6) is -0.209. The molecule has 2 rings (SSSR count). The van der Waals surface area contributed by atoms with Crippen molar-refractivity contribution in [2.45, 2.75) is 6.29 Å². The van der Waals surface area contributed by atoms with Crippen molar-refractivity contribution < 1.29 is 19.0 Å². The number of nitrogens with two attached hydrogens (primary N) is 1. The molecule has 0 bridgehead atoms. The summed E-state index contributed by atoms with van der Waals surface area (Å²) in [6.07, 6.45) is -0.342. The summed E-state index contributed by atoms with van der Waals surface area (Å²) >= 11 is 0. The minimum absolute atomic E-state index is 0.00213. The van der Waals surface area contributed by atoms with E-state index >= 15 is 0 Å². The van der Waals surface area contributed by atoms with Crippen molar-refractivity contribution in [3.05, 3.63) is 29.8 Å². The largest absolute Gasteiger partial charge is 0.370 e. The highest BCUT2D eigenvalue weighted by Crippen LogP contribution is 2.25. The number of hydrogen-bond acceptors (Lipinski definition) is 5. The van der Waals surface area contributed by atoms with E-state index in [9.17, 15) is 4.79 Å². The van der Waals surface area contributed by atoms with E-state index in [0.29, 0.717) is 32.1 Å². The van der Waals surface area contributed by atoms with Crippen LogP contribution in [0.4, 0.5) is 5.69 Å². The monoisotopic (exact) mass is 266 g/mol. The molecule has 0 spiro atoms. The molecule has 1 aliphatic heterocycles. The summed E-state index contributed by atoms with van der Waals surface area (Å²) in [5, 5.41) is 2.75. The van der Waals surface area contributed by atoms with Crippen LogP contribution in [0.25, 0.3) is 0 Å². The van der Waals surface area contributed by atoms with Gasteiger partial charge in [-0.1, -0.05) is 12.1 Å². The topological polar surface area (TPSA) is 82.8 Å². The van der Waals surface area contributed by atoms with Crippen LogP contribution >= 0.6 is 0 Å². The van der Waals surface area contributed by atoms with Gasteiger partial charge in [0, 0.05) is 17.8 Å². The zero-order valence-corrected chi connectivity index (χ0v) is 10.6.